The maximum absolute atomic E-state index is 12.2. The van der Waals surface area contributed by atoms with Crippen LogP contribution in [0.1, 0.15) is 0 Å². The van der Waals surface area contributed by atoms with Crippen LogP contribution in [0.15, 0.2) is 17.2 Å². The first kappa shape index (κ1) is 12.7. The number of pyridine rings is 1. The molecule has 0 aliphatic rings. The Morgan fingerprint density at radius 1 is 1.56 bits per heavy atom. The van der Waals surface area contributed by atoms with Crippen LogP contribution in [0.2, 0.25) is 5.15 Å². The number of fused-ring (bicyclic) bond motifs is 1. The molecule has 0 aliphatic heterocycles. The molecule has 18 heavy (non-hydrogen) atoms. The van der Waals surface area contributed by atoms with E-state index in [1.165, 1.54) is 24.0 Å². The predicted octanol–water partition coefficient (Wildman–Crippen LogP) is 1.66. The molecule has 0 amide bonds. The first-order valence-corrected chi connectivity index (χ1v) is 5.40. The topological polar surface area (TPSA) is 59.8 Å². The molecule has 0 spiro atoms. The van der Waals surface area contributed by atoms with Gasteiger partial charge in [0.2, 0.25) is 0 Å². The third-order valence-electron chi connectivity index (χ3n) is 2.30. The SMILES string of the molecule is Cn1cnc2cc(Cl)nc(NCC(F)F)c2c1=O. The van der Waals surface area contributed by atoms with Crippen molar-refractivity contribution < 1.29 is 8.78 Å². The number of hydrogen-bond donors (Lipinski definition) is 1. The highest BCUT2D eigenvalue weighted by Crippen LogP contribution is 2.20. The largest absolute Gasteiger partial charge is 0.364 e. The van der Waals surface area contributed by atoms with E-state index in [1.54, 1.807) is 0 Å². The lowest BCUT2D eigenvalue weighted by atomic mass is 10.3. The molecule has 2 aromatic heterocycles. The summed E-state index contributed by atoms with van der Waals surface area (Å²) in [5.41, 5.74) is -0.0594. The van der Waals surface area contributed by atoms with E-state index in [1.807, 2.05) is 0 Å². The predicted molar refractivity (Wildman–Crippen MR) is 64.3 cm³/mol. The zero-order valence-corrected chi connectivity index (χ0v) is 10.1. The fraction of sp³-hybridized carbons (Fsp3) is 0.300. The highest BCUT2D eigenvalue weighted by atomic mass is 35.5. The minimum absolute atomic E-state index is 0.0199. The first-order chi connectivity index (χ1) is 8.49. The van der Waals surface area contributed by atoms with Crippen molar-refractivity contribution in [3.63, 3.8) is 0 Å². The second-order valence-electron chi connectivity index (χ2n) is 3.62. The first-order valence-electron chi connectivity index (χ1n) is 5.03. The smallest absolute Gasteiger partial charge is 0.264 e. The summed E-state index contributed by atoms with van der Waals surface area (Å²) in [7, 11) is 1.51. The summed E-state index contributed by atoms with van der Waals surface area (Å²) in [4.78, 5) is 19.8. The summed E-state index contributed by atoms with van der Waals surface area (Å²) in [5, 5.41) is 2.62. The Kier molecular flexibility index (Phi) is 3.42. The fourth-order valence-corrected chi connectivity index (χ4v) is 1.68. The molecule has 0 saturated carbocycles. The zero-order chi connectivity index (χ0) is 13.3. The van der Waals surface area contributed by atoms with Gasteiger partial charge in [-0.1, -0.05) is 11.6 Å². The average Bonchev–Trinajstić information content (AvgIpc) is 2.30. The fourth-order valence-electron chi connectivity index (χ4n) is 1.49. The Bertz CT molecular complexity index is 644. The average molecular weight is 275 g/mol. The van der Waals surface area contributed by atoms with Gasteiger partial charge in [0.25, 0.3) is 12.0 Å². The third kappa shape index (κ3) is 2.40. The van der Waals surface area contributed by atoms with Crippen molar-refractivity contribution in [1.29, 1.82) is 0 Å². The number of rotatable bonds is 3. The van der Waals surface area contributed by atoms with Gasteiger partial charge in [0, 0.05) is 13.1 Å². The van der Waals surface area contributed by atoms with Crippen LogP contribution >= 0.6 is 11.6 Å². The van der Waals surface area contributed by atoms with E-state index in [-0.39, 0.29) is 21.9 Å². The van der Waals surface area contributed by atoms with Gasteiger partial charge in [0.05, 0.1) is 18.4 Å². The van der Waals surface area contributed by atoms with Crippen LogP contribution in [0.5, 0.6) is 0 Å². The second-order valence-corrected chi connectivity index (χ2v) is 4.01. The van der Waals surface area contributed by atoms with Gasteiger partial charge in [-0.05, 0) is 0 Å². The molecule has 2 heterocycles. The van der Waals surface area contributed by atoms with Gasteiger partial charge in [-0.3, -0.25) is 4.79 Å². The molecule has 0 bridgehead atoms. The molecular weight excluding hydrogens is 266 g/mol. The molecular formula is C10H9ClF2N4O. The van der Waals surface area contributed by atoms with Gasteiger partial charge in [-0.25, -0.2) is 18.7 Å². The molecule has 8 heteroatoms. The molecule has 2 rings (SSSR count). The monoisotopic (exact) mass is 274 g/mol. The maximum Gasteiger partial charge on any atom is 0.264 e. The molecule has 96 valence electrons. The van der Waals surface area contributed by atoms with Gasteiger partial charge in [-0.15, -0.1) is 0 Å². The van der Waals surface area contributed by atoms with Crippen molar-refractivity contribution in [2.24, 2.45) is 7.05 Å². The van der Waals surface area contributed by atoms with Crippen LogP contribution in [-0.2, 0) is 7.05 Å². The van der Waals surface area contributed by atoms with Crippen LogP contribution in [0.4, 0.5) is 14.6 Å². The van der Waals surface area contributed by atoms with E-state index >= 15 is 0 Å². The summed E-state index contributed by atoms with van der Waals surface area (Å²) in [6.07, 6.45) is -1.22. The number of alkyl halides is 2. The summed E-state index contributed by atoms with van der Waals surface area (Å²) < 4.78 is 25.6. The van der Waals surface area contributed by atoms with Gasteiger partial charge < -0.3 is 9.88 Å². The van der Waals surface area contributed by atoms with Crippen molar-refractivity contribution in [3.8, 4) is 0 Å². The Morgan fingerprint density at radius 3 is 2.94 bits per heavy atom. The normalized spacial score (nSPS) is 11.2. The van der Waals surface area contributed by atoms with Crippen LogP contribution in [0.25, 0.3) is 10.9 Å². The summed E-state index contributed by atoms with van der Waals surface area (Å²) in [6, 6.07) is 1.41. The Hall–Kier alpha value is -1.76. The lowest BCUT2D eigenvalue weighted by Crippen LogP contribution is -2.20. The minimum atomic E-state index is -2.55. The molecule has 0 radical (unpaired) electrons. The van der Waals surface area contributed by atoms with Crippen LogP contribution < -0.4 is 10.9 Å². The highest BCUT2D eigenvalue weighted by Gasteiger charge is 2.12. The maximum atomic E-state index is 12.2. The number of halogens is 3. The van der Waals surface area contributed by atoms with Crippen LogP contribution in [0, 0.1) is 0 Å². The van der Waals surface area contributed by atoms with Gasteiger partial charge >= 0.3 is 0 Å². The molecule has 0 atom stereocenters. The summed E-state index contributed by atoms with van der Waals surface area (Å²) >= 11 is 5.74. The van der Waals surface area contributed by atoms with Gasteiger partial charge in [0.1, 0.15) is 16.4 Å². The van der Waals surface area contributed by atoms with E-state index in [2.05, 4.69) is 15.3 Å². The highest BCUT2D eigenvalue weighted by molar-refractivity contribution is 6.30. The molecule has 5 nitrogen and oxygen atoms in total. The zero-order valence-electron chi connectivity index (χ0n) is 9.32. The van der Waals surface area contributed by atoms with Gasteiger partial charge in [0.15, 0.2) is 0 Å². The van der Waals surface area contributed by atoms with E-state index in [0.29, 0.717) is 5.52 Å². The standard InChI is InChI=1S/C10H9ClF2N4O/c1-17-4-15-5-2-6(11)16-9(8(5)10(17)18)14-3-7(12)13/h2,4,7H,3H2,1H3,(H,14,16). The number of hydrogen-bond acceptors (Lipinski definition) is 4. The lowest BCUT2D eigenvalue weighted by Gasteiger charge is -2.09. The van der Waals surface area contributed by atoms with E-state index in [0.717, 1.165) is 0 Å². The van der Waals surface area contributed by atoms with E-state index < -0.39 is 13.0 Å². The molecule has 0 saturated heterocycles. The Balaban J connectivity index is 2.62. The van der Waals surface area contributed by atoms with Crippen molar-refractivity contribution in [1.82, 2.24) is 14.5 Å². The molecule has 2 aromatic rings. The number of nitrogens with zero attached hydrogens (tertiary/aromatic N) is 3. The van der Waals surface area contributed by atoms with Crippen molar-refractivity contribution in [2.45, 2.75) is 6.43 Å². The van der Waals surface area contributed by atoms with Crippen LogP contribution in [-0.4, -0.2) is 27.5 Å². The van der Waals surface area contributed by atoms with Crippen molar-refractivity contribution in [2.75, 3.05) is 11.9 Å². The molecule has 0 aromatic carbocycles. The van der Waals surface area contributed by atoms with Crippen LogP contribution in [0.3, 0.4) is 0 Å². The van der Waals surface area contributed by atoms with E-state index in [9.17, 15) is 13.6 Å². The Morgan fingerprint density at radius 2 is 2.28 bits per heavy atom. The third-order valence-corrected chi connectivity index (χ3v) is 2.49. The lowest BCUT2D eigenvalue weighted by molar-refractivity contribution is 0.163. The number of aromatic nitrogens is 3. The van der Waals surface area contributed by atoms with Crippen molar-refractivity contribution >= 4 is 28.3 Å². The number of aryl methyl sites for hydroxylation is 1. The summed E-state index contributed by atoms with van der Waals surface area (Å²) in [6.45, 7) is -0.611. The van der Waals surface area contributed by atoms with E-state index in [4.69, 9.17) is 11.6 Å². The molecule has 0 aliphatic carbocycles. The second kappa shape index (κ2) is 4.85. The Labute approximate surface area is 105 Å². The number of anilines is 1. The van der Waals surface area contributed by atoms with Crippen molar-refractivity contribution in [3.05, 3.63) is 27.9 Å². The molecule has 0 unspecified atom stereocenters. The summed E-state index contributed by atoms with van der Waals surface area (Å²) in [5.74, 6) is 0.0199. The number of nitrogens with one attached hydrogen (secondary N) is 1. The minimum Gasteiger partial charge on any atom is -0.364 e. The molecule has 0 fully saturated rings. The quantitative estimate of drug-likeness (QED) is 0.865. The van der Waals surface area contributed by atoms with Gasteiger partial charge in [-0.2, -0.15) is 0 Å². The molecule has 1 N–H and O–H groups in total.